The van der Waals surface area contributed by atoms with E-state index in [1.807, 2.05) is 0 Å². The highest BCUT2D eigenvalue weighted by Gasteiger charge is 2.57. The van der Waals surface area contributed by atoms with Crippen molar-refractivity contribution in [3.05, 3.63) is 28.8 Å². The smallest absolute Gasteiger partial charge is 0.248 e. The number of nitrogens with two attached hydrogens (primary N) is 1. The van der Waals surface area contributed by atoms with Crippen LogP contribution in [-0.4, -0.2) is 24.9 Å². The molecular formula is C15H18ClN3O2. The third kappa shape index (κ3) is 2.76. The van der Waals surface area contributed by atoms with E-state index < -0.39 is 5.91 Å². The van der Waals surface area contributed by atoms with Gasteiger partial charge in [0.25, 0.3) is 0 Å². The maximum Gasteiger partial charge on any atom is 0.248 e. The summed E-state index contributed by atoms with van der Waals surface area (Å²) in [5, 5.41) is 6.56. The molecule has 0 aromatic heterocycles. The first-order chi connectivity index (χ1) is 10.0. The average Bonchev–Trinajstić information content (AvgIpc) is 3.15. The number of benzene rings is 1. The Morgan fingerprint density at radius 3 is 2.71 bits per heavy atom. The number of halogens is 1. The Balaban J connectivity index is 1.71. The van der Waals surface area contributed by atoms with Crippen LogP contribution in [0.3, 0.4) is 0 Å². The molecule has 21 heavy (non-hydrogen) atoms. The van der Waals surface area contributed by atoms with E-state index in [1.54, 1.807) is 12.1 Å². The van der Waals surface area contributed by atoms with Crippen LogP contribution in [0, 0.1) is 11.3 Å². The maximum absolute atomic E-state index is 12.4. The molecule has 5 nitrogen and oxygen atoms in total. The second-order valence-electron chi connectivity index (χ2n) is 5.92. The summed E-state index contributed by atoms with van der Waals surface area (Å²) in [6, 6.07) is 4.65. The highest BCUT2D eigenvalue weighted by atomic mass is 35.5. The Kier molecular flexibility index (Phi) is 3.63. The predicted molar refractivity (Wildman–Crippen MR) is 81.2 cm³/mol. The summed E-state index contributed by atoms with van der Waals surface area (Å²) >= 11 is 6.07. The lowest BCUT2D eigenvalue weighted by Crippen LogP contribution is -2.31. The van der Waals surface area contributed by atoms with Gasteiger partial charge in [0, 0.05) is 11.5 Å². The van der Waals surface area contributed by atoms with Crippen molar-refractivity contribution in [3.63, 3.8) is 0 Å². The summed E-state index contributed by atoms with van der Waals surface area (Å²) < 4.78 is 0. The van der Waals surface area contributed by atoms with E-state index in [0.29, 0.717) is 16.3 Å². The average molecular weight is 308 g/mol. The third-order valence-corrected chi connectivity index (χ3v) is 4.94. The summed E-state index contributed by atoms with van der Waals surface area (Å²) in [5.74, 6) is -0.503. The summed E-state index contributed by atoms with van der Waals surface area (Å²) in [6.07, 6.45) is 3.02. The molecule has 1 spiro atoms. The zero-order valence-electron chi connectivity index (χ0n) is 11.6. The predicted octanol–water partition coefficient (Wildman–Crippen LogP) is 1.77. The molecule has 1 saturated carbocycles. The number of carbonyl (C=O) groups is 2. The number of hydrogen-bond donors (Lipinski definition) is 3. The quantitative estimate of drug-likeness (QED) is 0.795. The van der Waals surface area contributed by atoms with Gasteiger partial charge in [0.15, 0.2) is 0 Å². The molecule has 3 rings (SSSR count). The molecule has 0 radical (unpaired) electrons. The Bertz CT molecular complexity index is 597. The number of anilines is 1. The van der Waals surface area contributed by atoms with Gasteiger partial charge in [0.1, 0.15) is 0 Å². The zero-order chi connectivity index (χ0) is 15.0. The second-order valence-corrected chi connectivity index (χ2v) is 6.32. The Morgan fingerprint density at radius 2 is 2.05 bits per heavy atom. The number of rotatable bonds is 3. The number of carbonyl (C=O) groups excluding carboxylic acids is 2. The van der Waals surface area contributed by atoms with Crippen LogP contribution in [-0.2, 0) is 4.79 Å². The van der Waals surface area contributed by atoms with E-state index in [-0.39, 0.29) is 17.2 Å². The van der Waals surface area contributed by atoms with Crippen molar-refractivity contribution in [3.8, 4) is 0 Å². The van der Waals surface area contributed by atoms with E-state index in [9.17, 15) is 9.59 Å². The van der Waals surface area contributed by atoms with E-state index >= 15 is 0 Å². The van der Waals surface area contributed by atoms with E-state index in [1.165, 1.54) is 6.07 Å². The van der Waals surface area contributed by atoms with Crippen molar-refractivity contribution in [1.82, 2.24) is 5.32 Å². The van der Waals surface area contributed by atoms with E-state index in [0.717, 1.165) is 32.4 Å². The first-order valence-corrected chi connectivity index (χ1v) is 7.51. The number of hydrogen-bond acceptors (Lipinski definition) is 3. The number of primary amides is 1. The fraction of sp³-hybridized carbons (Fsp3) is 0.467. The topological polar surface area (TPSA) is 84.2 Å². The normalized spacial score (nSPS) is 22.8. The van der Waals surface area contributed by atoms with E-state index in [4.69, 9.17) is 17.3 Å². The molecule has 1 aliphatic carbocycles. The number of nitrogens with one attached hydrogen (secondary N) is 2. The van der Waals surface area contributed by atoms with Crippen LogP contribution in [0.2, 0.25) is 5.02 Å². The molecule has 2 aliphatic rings. The van der Waals surface area contributed by atoms with Gasteiger partial charge >= 0.3 is 0 Å². The van der Waals surface area contributed by atoms with Gasteiger partial charge in [-0.3, -0.25) is 9.59 Å². The zero-order valence-corrected chi connectivity index (χ0v) is 12.4. The van der Waals surface area contributed by atoms with E-state index in [2.05, 4.69) is 10.6 Å². The third-order valence-electron chi connectivity index (χ3n) is 4.61. The van der Waals surface area contributed by atoms with Crippen molar-refractivity contribution in [1.29, 1.82) is 0 Å². The van der Waals surface area contributed by atoms with Gasteiger partial charge in [-0.2, -0.15) is 0 Å². The minimum Gasteiger partial charge on any atom is -0.366 e. The van der Waals surface area contributed by atoms with Crippen molar-refractivity contribution in [2.24, 2.45) is 17.1 Å². The minimum atomic E-state index is -0.539. The highest BCUT2D eigenvalue weighted by molar-refractivity contribution is 6.34. The van der Waals surface area contributed by atoms with Crippen LogP contribution < -0.4 is 16.4 Å². The SMILES string of the molecule is NC(=O)c1ccc(Cl)c(NC(=O)C2CC23CCNCC3)c1. The van der Waals surface area contributed by atoms with Crippen molar-refractivity contribution < 1.29 is 9.59 Å². The van der Waals surface area contributed by atoms with Crippen LogP contribution >= 0.6 is 11.6 Å². The Morgan fingerprint density at radius 1 is 1.33 bits per heavy atom. The second kappa shape index (κ2) is 5.31. The van der Waals surface area contributed by atoms with Crippen LogP contribution in [0.5, 0.6) is 0 Å². The van der Waals surface area contributed by atoms with Crippen molar-refractivity contribution in [2.45, 2.75) is 19.3 Å². The summed E-state index contributed by atoms with van der Waals surface area (Å²) in [5.41, 5.74) is 6.20. The van der Waals surface area contributed by atoms with Gasteiger partial charge in [-0.15, -0.1) is 0 Å². The van der Waals surface area contributed by atoms with Crippen molar-refractivity contribution in [2.75, 3.05) is 18.4 Å². The highest BCUT2D eigenvalue weighted by Crippen LogP contribution is 2.58. The van der Waals surface area contributed by atoms with Gasteiger partial charge in [-0.05, 0) is 56.0 Å². The van der Waals surface area contributed by atoms with Gasteiger partial charge in [-0.1, -0.05) is 11.6 Å². The lowest BCUT2D eigenvalue weighted by atomic mass is 9.92. The lowest BCUT2D eigenvalue weighted by molar-refractivity contribution is -0.118. The summed E-state index contributed by atoms with van der Waals surface area (Å²) in [7, 11) is 0. The molecule has 4 N–H and O–H groups in total. The van der Waals surface area contributed by atoms with Gasteiger partial charge in [0.05, 0.1) is 10.7 Å². The molecule has 2 amide bonds. The van der Waals surface area contributed by atoms with Crippen LogP contribution in [0.4, 0.5) is 5.69 Å². The first-order valence-electron chi connectivity index (χ1n) is 7.13. The monoisotopic (exact) mass is 307 g/mol. The Labute approximate surface area is 128 Å². The summed E-state index contributed by atoms with van der Waals surface area (Å²) in [6.45, 7) is 1.95. The molecular weight excluding hydrogens is 290 g/mol. The molecule has 6 heteroatoms. The minimum absolute atomic E-state index is 0.0135. The maximum atomic E-state index is 12.4. The molecule has 1 aliphatic heterocycles. The van der Waals surface area contributed by atoms with Crippen molar-refractivity contribution >= 4 is 29.1 Å². The molecule has 1 aromatic rings. The number of amides is 2. The molecule has 2 fully saturated rings. The molecule has 1 unspecified atom stereocenters. The van der Waals surface area contributed by atoms with Gasteiger partial charge in [0.2, 0.25) is 11.8 Å². The molecule has 1 aromatic carbocycles. The number of piperidine rings is 1. The molecule has 1 heterocycles. The Hall–Kier alpha value is -1.59. The molecule has 1 saturated heterocycles. The first kappa shape index (κ1) is 14.4. The largest absolute Gasteiger partial charge is 0.366 e. The van der Waals surface area contributed by atoms with Gasteiger partial charge in [-0.25, -0.2) is 0 Å². The molecule has 0 bridgehead atoms. The van der Waals surface area contributed by atoms with Crippen LogP contribution in [0.1, 0.15) is 29.6 Å². The fourth-order valence-electron chi connectivity index (χ4n) is 3.19. The van der Waals surface area contributed by atoms with Gasteiger partial charge < -0.3 is 16.4 Å². The van der Waals surface area contributed by atoms with Crippen LogP contribution in [0.25, 0.3) is 0 Å². The fourth-order valence-corrected chi connectivity index (χ4v) is 3.35. The standard InChI is InChI=1S/C15H18ClN3O2/c16-11-2-1-9(13(17)20)7-12(11)19-14(21)10-8-15(10)3-5-18-6-4-15/h1-2,7,10,18H,3-6,8H2,(H2,17,20)(H,19,21). The van der Waals surface area contributed by atoms with Crippen LogP contribution in [0.15, 0.2) is 18.2 Å². The lowest BCUT2D eigenvalue weighted by Gasteiger charge is -2.23. The summed E-state index contributed by atoms with van der Waals surface area (Å²) in [4.78, 5) is 23.6. The molecule has 112 valence electrons. The molecule has 1 atom stereocenters.